The van der Waals surface area contributed by atoms with Crippen molar-refractivity contribution >= 4 is 11.6 Å². The summed E-state index contributed by atoms with van der Waals surface area (Å²) in [6.45, 7) is 4.71. The van der Waals surface area contributed by atoms with E-state index in [4.69, 9.17) is 14.2 Å². The van der Waals surface area contributed by atoms with E-state index in [0.29, 0.717) is 18.0 Å². The van der Waals surface area contributed by atoms with Crippen LogP contribution < -0.4 is 10.1 Å². The van der Waals surface area contributed by atoms with Crippen molar-refractivity contribution in [1.82, 2.24) is 4.90 Å². The van der Waals surface area contributed by atoms with Crippen molar-refractivity contribution in [2.75, 3.05) is 45.8 Å². The average Bonchev–Trinajstić information content (AvgIpc) is 3.06. The van der Waals surface area contributed by atoms with Crippen LogP contribution in [0.3, 0.4) is 0 Å². The van der Waals surface area contributed by atoms with E-state index in [1.54, 1.807) is 14.2 Å². The van der Waals surface area contributed by atoms with Crippen LogP contribution in [0.1, 0.15) is 24.8 Å². The Balaban J connectivity index is 1.59. The fourth-order valence-electron chi connectivity index (χ4n) is 3.92. The Bertz CT molecular complexity index is 613. The number of hydrogen-bond donors (Lipinski definition) is 1. The number of carbonyl (C=O) groups excluding carboxylic acids is 1. The van der Waals surface area contributed by atoms with Gasteiger partial charge in [0.15, 0.2) is 0 Å². The molecule has 0 saturated carbocycles. The molecule has 2 unspecified atom stereocenters. The zero-order valence-corrected chi connectivity index (χ0v) is 15.3. The van der Waals surface area contributed by atoms with Crippen LogP contribution in [0, 0.1) is 6.92 Å². The lowest BCUT2D eigenvalue weighted by Crippen LogP contribution is -2.57. The molecule has 6 heteroatoms. The molecule has 2 aliphatic heterocycles. The van der Waals surface area contributed by atoms with Crippen LogP contribution in [0.4, 0.5) is 5.69 Å². The third kappa shape index (κ3) is 3.97. The SMILES string of the molecule is COc1ccc(C)cc1NC(=O)CN1CCC2(CCCO2)C(OC)C1. The summed E-state index contributed by atoms with van der Waals surface area (Å²) >= 11 is 0. The Morgan fingerprint density at radius 1 is 1.40 bits per heavy atom. The van der Waals surface area contributed by atoms with Crippen molar-refractivity contribution in [3.63, 3.8) is 0 Å². The lowest BCUT2D eigenvalue weighted by atomic mass is 9.86. The normalized spacial score (nSPS) is 26.8. The smallest absolute Gasteiger partial charge is 0.238 e. The van der Waals surface area contributed by atoms with Gasteiger partial charge in [-0.1, -0.05) is 6.07 Å². The summed E-state index contributed by atoms with van der Waals surface area (Å²) < 4.78 is 17.0. The number of likely N-dealkylation sites (tertiary alicyclic amines) is 1. The van der Waals surface area contributed by atoms with Gasteiger partial charge in [-0.25, -0.2) is 0 Å². The highest BCUT2D eigenvalue weighted by Gasteiger charge is 2.46. The zero-order valence-electron chi connectivity index (χ0n) is 15.3. The summed E-state index contributed by atoms with van der Waals surface area (Å²) in [5, 5.41) is 2.97. The van der Waals surface area contributed by atoms with Crippen LogP contribution in [0.5, 0.6) is 5.75 Å². The van der Waals surface area contributed by atoms with Crippen LogP contribution in [-0.4, -0.2) is 63.0 Å². The highest BCUT2D eigenvalue weighted by molar-refractivity contribution is 5.93. The van der Waals surface area contributed by atoms with Crippen LogP contribution in [0.15, 0.2) is 18.2 Å². The standard InChI is InChI=1S/C19H28N2O4/c1-14-5-6-16(23-2)15(11-14)20-18(22)13-21-9-8-19(7-4-10-25-19)17(12-21)24-3/h5-6,11,17H,4,7-10,12-13H2,1-3H3,(H,20,22). The molecular weight excluding hydrogens is 320 g/mol. The molecule has 0 aromatic heterocycles. The van der Waals surface area contributed by atoms with Crippen molar-refractivity contribution in [3.8, 4) is 5.75 Å². The van der Waals surface area contributed by atoms with E-state index < -0.39 is 0 Å². The fraction of sp³-hybridized carbons (Fsp3) is 0.632. The quantitative estimate of drug-likeness (QED) is 0.884. The molecule has 1 N–H and O–H groups in total. The molecule has 138 valence electrons. The molecule has 1 aromatic rings. The maximum absolute atomic E-state index is 12.5. The lowest BCUT2D eigenvalue weighted by Gasteiger charge is -2.44. The number of nitrogens with zero attached hydrogens (tertiary/aromatic N) is 1. The monoisotopic (exact) mass is 348 g/mol. The number of amides is 1. The molecule has 2 heterocycles. The van der Waals surface area contributed by atoms with Gasteiger partial charge in [0.1, 0.15) is 5.75 Å². The lowest BCUT2D eigenvalue weighted by molar-refractivity contribution is -0.145. The molecule has 1 amide bonds. The number of rotatable bonds is 5. The molecule has 0 radical (unpaired) electrons. The molecule has 0 bridgehead atoms. The van der Waals surface area contributed by atoms with E-state index in [0.717, 1.165) is 44.5 Å². The second-order valence-corrected chi connectivity index (χ2v) is 6.98. The molecule has 6 nitrogen and oxygen atoms in total. The van der Waals surface area contributed by atoms with Crippen molar-refractivity contribution in [3.05, 3.63) is 23.8 Å². The Kier molecular flexibility index (Phi) is 5.61. The Morgan fingerprint density at radius 3 is 2.92 bits per heavy atom. The first-order chi connectivity index (χ1) is 12.1. The van der Waals surface area contributed by atoms with Gasteiger partial charge in [-0.2, -0.15) is 0 Å². The largest absolute Gasteiger partial charge is 0.495 e. The molecule has 1 aromatic carbocycles. The van der Waals surface area contributed by atoms with Crippen LogP contribution >= 0.6 is 0 Å². The zero-order chi connectivity index (χ0) is 17.9. The van der Waals surface area contributed by atoms with E-state index in [1.165, 1.54) is 0 Å². The van der Waals surface area contributed by atoms with E-state index in [9.17, 15) is 4.79 Å². The number of carbonyl (C=O) groups is 1. The van der Waals surface area contributed by atoms with Gasteiger partial charge >= 0.3 is 0 Å². The van der Waals surface area contributed by atoms with E-state index in [2.05, 4.69) is 10.2 Å². The van der Waals surface area contributed by atoms with Gasteiger partial charge in [0.05, 0.1) is 31.0 Å². The van der Waals surface area contributed by atoms with Crippen molar-refractivity contribution in [2.24, 2.45) is 0 Å². The number of anilines is 1. The van der Waals surface area contributed by atoms with Gasteiger partial charge in [-0.05, 0) is 43.9 Å². The van der Waals surface area contributed by atoms with Crippen LogP contribution in [-0.2, 0) is 14.3 Å². The summed E-state index contributed by atoms with van der Waals surface area (Å²) in [6.07, 6.45) is 3.07. The van der Waals surface area contributed by atoms with Gasteiger partial charge in [0.25, 0.3) is 0 Å². The first-order valence-corrected chi connectivity index (χ1v) is 8.90. The third-order valence-electron chi connectivity index (χ3n) is 5.28. The summed E-state index contributed by atoms with van der Waals surface area (Å²) in [7, 11) is 3.34. The van der Waals surface area contributed by atoms with E-state index >= 15 is 0 Å². The van der Waals surface area contributed by atoms with Crippen LogP contribution in [0.25, 0.3) is 0 Å². The average molecular weight is 348 g/mol. The maximum atomic E-state index is 12.5. The van der Waals surface area contributed by atoms with Crippen LogP contribution in [0.2, 0.25) is 0 Å². The highest BCUT2D eigenvalue weighted by Crippen LogP contribution is 2.37. The van der Waals surface area contributed by atoms with Gasteiger partial charge < -0.3 is 19.5 Å². The number of piperidine rings is 1. The summed E-state index contributed by atoms with van der Waals surface area (Å²) in [5.74, 6) is 0.632. The first kappa shape index (κ1) is 18.2. The summed E-state index contributed by atoms with van der Waals surface area (Å²) in [5.41, 5.74) is 1.64. The molecule has 0 aliphatic carbocycles. The van der Waals surface area contributed by atoms with Gasteiger partial charge in [-0.3, -0.25) is 9.69 Å². The number of methoxy groups -OCH3 is 2. The van der Waals surface area contributed by atoms with Crippen molar-refractivity contribution < 1.29 is 19.0 Å². The second kappa shape index (κ2) is 7.72. The number of nitrogens with one attached hydrogen (secondary N) is 1. The number of hydrogen-bond acceptors (Lipinski definition) is 5. The van der Waals surface area contributed by atoms with E-state index in [-0.39, 0.29) is 17.6 Å². The predicted molar refractivity (Wildman–Crippen MR) is 96.1 cm³/mol. The predicted octanol–water partition coefficient (Wildman–Crippen LogP) is 2.21. The van der Waals surface area contributed by atoms with Gasteiger partial charge in [-0.15, -0.1) is 0 Å². The molecule has 2 atom stereocenters. The molecular formula is C19H28N2O4. The minimum atomic E-state index is -0.151. The third-order valence-corrected chi connectivity index (χ3v) is 5.28. The minimum absolute atomic E-state index is 0.0186. The van der Waals surface area contributed by atoms with Crippen molar-refractivity contribution in [1.29, 1.82) is 0 Å². The first-order valence-electron chi connectivity index (χ1n) is 8.90. The Morgan fingerprint density at radius 2 is 2.24 bits per heavy atom. The highest BCUT2D eigenvalue weighted by atomic mass is 16.5. The van der Waals surface area contributed by atoms with Crippen molar-refractivity contribution in [2.45, 2.75) is 37.9 Å². The minimum Gasteiger partial charge on any atom is -0.495 e. The van der Waals surface area contributed by atoms with E-state index in [1.807, 2.05) is 25.1 Å². The number of aryl methyl sites for hydroxylation is 1. The molecule has 1 spiro atoms. The molecule has 3 rings (SSSR count). The Labute approximate surface area is 149 Å². The Hall–Kier alpha value is -1.63. The summed E-state index contributed by atoms with van der Waals surface area (Å²) in [4.78, 5) is 14.6. The second-order valence-electron chi connectivity index (χ2n) is 6.98. The molecule has 2 saturated heterocycles. The van der Waals surface area contributed by atoms with Gasteiger partial charge in [0, 0.05) is 26.8 Å². The summed E-state index contributed by atoms with van der Waals surface area (Å²) in [6, 6.07) is 5.75. The molecule has 2 fully saturated rings. The van der Waals surface area contributed by atoms with Gasteiger partial charge in [0.2, 0.25) is 5.91 Å². The number of ether oxygens (including phenoxy) is 3. The number of benzene rings is 1. The topological polar surface area (TPSA) is 60.0 Å². The molecule has 2 aliphatic rings. The maximum Gasteiger partial charge on any atom is 0.238 e. The fourth-order valence-corrected chi connectivity index (χ4v) is 3.92. The molecule has 25 heavy (non-hydrogen) atoms.